The summed E-state index contributed by atoms with van der Waals surface area (Å²) < 4.78 is 6.84. The summed E-state index contributed by atoms with van der Waals surface area (Å²) in [6, 6.07) is 0.334. The van der Waals surface area contributed by atoms with Gasteiger partial charge in [0.15, 0.2) is 0 Å². The van der Waals surface area contributed by atoms with Gasteiger partial charge in [0.05, 0.1) is 0 Å². The molecular formula is C12H19N5O. The number of hydrogen-bond acceptors (Lipinski definition) is 5. The highest BCUT2D eigenvalue weighted by molar-refractivity contribution is 5.04. The largest absolute Gasteiger partial charge is 0.333 e. The lowest BCUT2D eigenvalue weighted by Gasteiger charge is -2.15. The number of aromatic nitrogens is 4. The van der Waals surface area contributed by atoms with Crippen molar-refractivity contribution in [2.24, 2.45) is 0 Å². The van der Waals surface area contributed by atoms with Gasteiger partial charge in [0.2, 0.25) is 0 Å². The average Bonchev–Trinajstić information content (AvgIpc) is 2.95. The van der Waals surface area contributed by atoms with Crippen molar-refractivity contribution in [2.45, 2.75) is 46.3 Å². The molecule has 18 heavy (non-hydrogen) atoms. The summed E-state index contributed by atoms with van der Waals surface area (Å²) in [4.78, 5) is 4.31. The fourth-order valence-corrected chi connectivity index (χ4v) is 1.86. The number of imidazole rings is 1. The van der Waals surface area contributed by atoms with E-state index in [-0.39, 0.29) is 0 Å². The Morgan fingerprint density at radius 2 is 2.28 bits per heavy atom. The third-order valence-corrected chi connectivity index (χ3v) is 2.95. The molecule has 0 aliphatic carbocycles. The molecular weight excluding hydrogens is 230 g/mol. The van der Waals surface area contributed by atoms with Crippen molar-refractivity contribution in [1.82, 2.24) is 25.2 Å². The summed E-state index contributed by atoms with van der Waals surface area (Å²) in [7, 11) is 0. The Hall–Kier alpha value is -1.69. The van der Waals surface area contributed by atoms with E-state index in [1.807, 2.05) is 19.3 Å². The summed E-state index contributed by atoms with van der Waals surface area (Å²) in [5, 5.41) is 11.0. The van der Waals surface area contributed by atoms with Crippen LogP contribution in [0.15, 0.2) is 17.0 Å². The van der Waals surface area contributed by atoms with Crippen LogP contribution >= 0.6 is 0 Å². The van der Waals surface area contributed by atoms with Crippen LogP contribution in [0.1, 0.15) is 31.1 Å². The zero-order valence-corrected chi connectivity index (χ0v) is 11.1. The van der Waals surface area contributed by atoms with Gasteiger partial charge in [-0.1, -0.05) is 17.2 Å². The first-order chi connectivity index (χ1) is 8.70. The van der Waals surface area contributed by atoms with Gasteiger partial charge in [-0.15, -0.1) is 0 Å². The maximum absolute atomic E-state index is 4.66. The van der Waals surface area contributed by atoms with Crippen molar-refractivity contribution in [3.63, 3.8) is 0 Å². The molecule has 0 saturated heterocycles. The van der Waals surface area contributed by atoms with E-state index >= 15 is 0 Å². The maximum atomic E-state index is 4.66. The van der Waals surface area contributed by atoms with Gasteiger partial charge in [0.25, 0.3) is 0 Å². The minimum Gasteiger partial charge on any atom is -0.333 e. The van der Waals surface area contributed by atoms with Crippen molar-refractivity contribution in [2.75, 3.05) is 0 Å². The first-order valence-corrected chi connectivity index (χ1v) is 6.22. The van der Waals surface area contributed by atoms with Crippen molar-refractivity contribution in [3.05, 3.63) is 29.6 Å². The van der Waals surface area contributed by atoms with Crippen molar-refractivity contribution >= 4 is 0 Å². The molecule has 6 heteroatoms. The van der Waals surface area contributed by atoms with Crippen LogP contribution in [-0.4, -0.2) is 25.9 Å². The topological polar surface area (TPSA) is 68.8 Å². The molecule has 2 aromatic rings. The molecule has 0 aliphatic heterocycles. The van der Waals surface area contributed by atoms with E-state index in [2.05, 4.69) is 43.7 Å². The van der Waals surface area contributed by atoms with E-state index in [4.69, 9.17) is 0 Å². The predicted molar refractivity (Wildman–Crippen MR) is 66.9 cm³/mol. The Kier molecular flexibility index (Phi) is 4.09. The van der Waals surface area contributed by atoms with E-state index in [1.165, 1.54) is 0 Å². The van der Waals surface area contributed by atoms with Gasteiger partial charge in [0, 0.05) is 37.9 Å². The van der Waals surface area contributed by atoms with Gasteiger partial charge in [-0.05, 0) is 13.8 Å². The highest BCUT2D eigenvalue weighted by atomic mass is 16.6. The quantitative estimate of drug-likeness (QED) is 0.836. The highest BCUT2D eigenvalue weighted by Crippen LogP contribution is 2.03. The second-order valence-electron chi connectivity index (χ2n) is 4.43. The molecule has 2 aromatic heterocycles. The van der Waals surface area contributed by atoms with Gasteiger partial charge in [-0.25, -0.2) is 9.61 Å². The van der Waals surface area contributed by atoms with E-state index < -0.39 is 0 Å². The van der Waals surface area contributed by atoms with Crippen LogP contribution in [0.2, 0.25) is 0 Å². The van der Waals surface area contributed by atoms with Crippen LogP contribution in [0.3, 0.4) is 0 Å². The van der Waals surface area contributed by atoms with Gasteiger partial charge in [-0.2, -0.15) is 0 Å². The van der Waals surface area contributed by atoms with E-state index in [1.54, 1.807) is 0 Å². The summed E-state index contributed by atoms with van der Waals surface area (Å²) in [6.07, 6.45) is 4.81. The molecule has 2 heterocycles. The second-order valence-corrected chi connectivity index (χ2v) is 4.43. The van der Waals surface area contributed by atoms with E-state index in [0.29, 0.717) is 12.6 Å². The fourth-order valence-electron chi connectivity index (χ4n) is 1.86. The fraction of sp³-hybridized carbons (Fsp3) is 0.583. The lowest BCUT2D eigenvalue weighted by atomic mass is 10.3. The van der Waals surface area contributed by atoms with Crippen LogP contribution in [0, 0.1) is 6.92 Å². The van der Waals surface area contributed by atoms with E-state index in [9.17, 15) is 0 Å². The smallest absolute Gasteiger partial charge is 0.121 e. The van der Waals surface area contributed by atoms with Crippen LogP contribution < -0.4 is 5.32 Å². The molecule has 1 atom stereocenters. The Bertz CT molecular complexity index is 490. The first kappa shape index (κ1) is 12.8. The standard InChI is InChI=1S/C12H19N5O/c1-4-12-13-5-6-17(12)8-9(2)14-7-11-10(3)15-18-16-11/h5-6,9,14H,4,7-8H2,1-3H3/t9-/m1/s1. The third kappa shape index (κ3) is 2.95. The molecule has 0 radical (unpaired) electrons. The number of aryl methyl sites for hydroxylation is 2. The van der Waals surface area contributed by atoms with Gasteiger partial charge < -0.3 is 9.88 Å². The number of nitrogens with one attached hydrogen (secondary N) is 1. The molecule has 6 nitrogen and oxygen atoms in total. The zero-order valence-electron chi connectivity index (χ0n) is 11.1. The summed E-state index contributed by atoms with van der Waals surface area (Å²) in [6.45, 7) is 7.72. The van der Waals surface area contributed by atoms with Gasteiger partial charge in [0.1, 0.15) is 17.2 Å². The van der Waals surface area contributed by atoms with Crippen LogP contribution in [0.5, 0.6) is 0 Å². The second kappa shape index (κ2) is 5.77. The number of rotatable bonds is 6. The molecule has 0 unspecified atom stereocenters. The molecule has 1 N–H and O–H groups in total. The molecule has 0 fully saturated rings. The Morgan fingerprint density at radius 1 is 1.44 bits per heavy atom. The molecule has 0 bridgehead atoms. The van der Waals surface area contributed by atoms with E-state index in [0.717, 1.165) is 30.2 Å². The first-order valence-electron chi connectivity index (χ1n) is 6.22. The Balaban J connectivity index is 1.86. The molecule has 98 valence electrons. The van der Waals surface area contributed by atoms with Crippen LogP contribution in [0.25, 0.3) is 0 Å². The lowest BCUT2D eigenvalue weighted by Crippen LogP contribution is -2.30. The molecule has 2 rings (SSSR count). The summed E-state index contributed by atoms with van der Waals surface area (Å²) >= 11 is 0. The number of hydrogen-bond donors (Lipinski definition) is 1. The Morgan fingerprint density at radius 3 is 2.94 bits per heavy atom. The van der Waals surface area contributed by atoms with Crippen molar-refractivity contribution in [3.8, 4) is 0 Å². The predicted octanol–water partition coefficient (Wildman–Crippen LogP) is 1.32. The van der Waals surface area contributed by atoms with Gasteiger partial charge >= 0.3 is 0 Å². The minimum atomic E-state index is 0.334. The molecule has 0 saturated carbocycles. The van der Waals surface area contributed by atoms with Crippen molar-refractivity contribution in [1.29, 1.82) is 0 Å². The van der Waals surface area contributed by atoms with Crippen molar-refractivity contribution < 1.29 is 4.63 Å². The Labute approximate surface area is 106 Å². The van der Waals surface area contributed by atoms with Crippen LogP contribution in [-0.2, 0) is 19.5 Å². The maximum Gasteiger partial charge on any atom is 0.121 e. The molecule has 0 spiro atoms. The minimum absolute atomic E-state index is 0.334. The number of nitrogens with zero attached hydrogens (tertiary/aromatic N) is 4. The summed E-state index contributed by atoms with van der Waals surface area (Å²) in [5.41, 5.74) is 1.70. The lowest BCUT2D eigenvalue weighted by molar-refractivity contribution is 0.299. The SMILES string of the molecule is CCc1nccn1C[C@@H](C)NCc1nonc1C. The average molecular weight is 249 g/mol. The van der Waals surface area contributed by atoms with Gasteiger partial charge in [-0.3, -0.25) is 0 Å². The summed E-state index contributed by atoms with van der Waals surface area (Å²) in [5.74, 6) is 1.11. The third-order valence-electron chi connectivity index (χ3n) is 2.95. The normalized spacial score (nSPS) is 12.8. The molecule has 0 aromatic carbocycles. The zero-order chi connectivity index (χ0) is 13.0. The molecule has 0 aliphatic rings. The highest BCUT2D eigenvalue weighted by Gasteiger charge is 2.09. The molecule has 0 amide bonds. The monoisotopic (exact) mass is 249 g/mol. The van der Waals surface area contributed by atoms with Crippen LogP contribution in [0.4, 0.5) is 0 Å².